The molecule has 1 aromatic rings. The van der Waals surface area contributed by atoms with Crippen LogP contribution in [0.5, 0.6) is 0 Å². The predicted octanol–water partition coefficient (Wildman–Crippen LogP) is 3.12. The van der Waals surface area contributed by atoms with E-state index in [2.05, 4.69) is 25.1 Å². The van der Waals surface area contributed by atoms with E-state index in [1.165, 1.54) is 9.87 Å². The Labute approximate surface area is 134 Å². The van der Waals surface area contributed by atoms with Gasteiger partial charge in [0.05, 0.1) is 0 Å². The first-order valence-electron chi connectivity index (χ1n) is 8.15. The summed E-state index contributed by atoms with van der Waals surface area (Å²) in [7, 11) is -0.140. The van der Waals surface area contributed by atoms with Crippen LogP contribution in [0.4, 0.5) is 0 Å². The van der Waals surface area contributed by atoms with Gasteiger partial charge in [0.15, 0.2) is 0 Å². The van der Waals surface area contributed by atoms with Crippen LogP contribution < -0.4 is 0 Å². The van der Waals surface area contributed by atoms with Crippen molar-refractivity contribution >= 4 is 10.2 Å². The van der Waals surface area contributed by atoms with Crippen LogP contribution in [0, 0.1) is 0 Å². The lowest BCUT2D eigenvalue weighted by molar-refractivity contribution is 0.161. The summed E-state index contributed by atoms with van der Waals surface area (Å²) in [5.74, 6) is 0.400. The first-order chi connectivity index (χ1) is 10.4. The molecule has 1 aliphatic carbocycles. The first-order valence-corrected chi connectivity index (χ1v) is 9.55. The third kappa shape index (κ3) is 2.49. The summed E-state index contributed by atoms with van der Waals surface area (Å²) in [4.78, 5) is 0. The standard InChI is InChI=1S/C17H26N2O2S/c1-14-12-17(10-6-7-11-17)19(22(20,21)18(2)3)13-15-8-4-5-9-16(14)15/h4-5,8-9,14H,6-7,10-13H2,1-3H3. The molecule has 1 spiro atoms. The van der Waals surface area contributed by atoms with Crippen molar-refractivity contribution in [2.75, 3.05) is 14.1 Å². The van der Waals surface area contributed by atoms with Crippen molar-refractivity contribution in [2.45, 2.75) is 57.0 Å². The molecule has 5 heteroatoms. The zero-order chi connectivity index (χ0) is 16.0. The topological polar surface area (TPSA) is 40.6 Å². The van der Waals surface area contributed by atoms with E-state index >= 15 is 0 Å². The van der Waals surface area contributed by atoms with Crippen molar-refractivity contribution in [1.29, 1.82) is 0 Å². The average molecular weight is 322 g/mol. The fourth-order valence-corrected chi connectivity index (χ4v) is 5.72. The van der Waals surface area contributed by atoms with Gasteiger partial charge in [-0.15, -0.1) is 0 Å². The zero-order valence-electron chi connectivity index (χ0n) is 13.7. The maximum atomic E-state index is 13.0. The van der Waals surface area contributed by atoms with E-state index in [1.54, 1.807) is 18.4 Å². The molecular weight excluding hydrogens is 296 g/mol. The first kappa shape index (κ1) is 16.0. The summed E-state index contributed by atoms with van der Waals surface area (Å²) >= 11 is 0. The monoisotopic (exact) mass is 322 g/mol. The third-order valence-electron chi connectivity index (χ3n) is 5.39. The van der Waals surface area contributed by atoms with E-state index in [9.17, 15) is 8.42 Å². The van der Waals surface area contributed by atoms with E-state index in [1.807, 2.05) is 6.07 Å². The third-order valence-corrected chi connectivity index (χ3v) is 7.39. The zero-order valence-corrected chi connectivity index (χ0v) is 14.6. The number of benzene rings is 1. The van der Waals surface area contributed by atoms with Gasteiger partial charge >= 0.3 is 0 Å². The average Bonchev–Trinajstić information content (AvgIpc) is 2.88. The molecule has 1 heterocycles. The van der Waals surface area contributed by atoms with Gasteiger partial charge in [0.1, 0.15) is 0 Å². The highest BCUT2D eigenvalue weighted by molar-refractivity contribution is 7.86. The van der Waals surface area contributed by atoms with Crippen LogP contribution in [-0.2, 0) is 16.8 Å². The molecule has 0 saturated heterocycles. The molecule has 1 fully saturated rings. The van der Waals surface area contributed by atoms with Gasteiger partial charge in [-0.3, -0.25) is 0 Å². The minimum absolute atomic E-state index is 0.207. The lowest BCUT2D eigenvalue weighted by atomic mass is 9.84. The Hall–Kier alpha value is -0.910. The molecule has 0 aromatic heterocycles. The van der Waals surface area contributed by atoms with Crippen molar-refractivity contribution in [2.24, 2.45) is 0 Å². The number of rotatable bonds is 2. The molecule has 4 nitrogen and oxygen atoms in total. The smallest absolute Gasteiger partial charge is 0.195 e. The fraction of sp³-hybridized carbons (Fsp3) is 0.647. The van der Waals surface area contributed by atoms with Gasteiger partial charge in [-0.2, -0.15) is 17.0 Å². The lowest BCUT2D eigenvalue weighted by Gasteiger charge is -2.41. The Balaban J connectivity index is 2.12. The Morgan fingerprint density at radius 1 is 1.18 bits per heavy atom. The summed E-state index contributed by atoms with van der Waals surface area (Å²) in [6.07, 6.45) is 5.15. The second-order valence-corrected chi connectivity index (χ2v) is 9.10. The van der Waals surface area contributed by atoms with Gasteiger partial charge in [-0.05, 0) is 36.3 Å². The highest BCUT2D eigenvalue weighted by Gasteiger charge is 2.48. The summed E-state index contributed by atoms with van der Waals surface area (Å²) in [5, 5.41) is 0. The van der Waals surface area contributed by atoms with Crippen molar-refractivity contribution in [3.8, 4) is 0 Å². The molecular formula is C17H26N2O2S. The SMILES string of the molecule is CC1CC2(CCCC2)N(S(=O)(=O)N(C)C)Cc2ccccc21. The van der Waals surface area contributed by atoms with Crippen molar-refractivity contribution in [1.82, 2.24) is 8.61 Å². The molecule has 0 bridgehead atoms. The van der Waals surface area contributed by atoms with Crippen molar-refractivity contribution in [3.05, 3.63) is 35.4 Å². The lowest BCUT2D eigenvalue weighted by Crippen LogP contribution is -2.52. The second-order valence-electron chi connectivity index (χ2n) is 7.03. The van der Waals surface area contributed by atoms with Crippen LogP contribution in [0.15, 0.2) is 24.3 Å². The van der Waals surface area contributed by atoms with Gasteiger partial charge < -0.3 is 0 Å². The molecule has 0 radical (unpaired) electrons. The summed E-state index contributed by atoms with van der Waals surface area (Å²) in [6.45, 7) is 2.74. The van der Waals surface area contributed by atoms with E-state index in [0.29, 0.717) is 12.5 Å². The number of fused-ring (bicyclic) bond motifs is 1. The molecule has 22 heavy (non-hydrogen) atoms. The minimum atomic E-state index is -3.41. The van der Waals surface area contributed by atoms with Crippen LogP contribution in [0.1, 0.15) is 56.1 Å². The Morgan fingerprint density at radius 2 is 1.82 bits per heavy atom. The molecule has 1 unspecified atom stereocenters. The number of hydrogen-bond acceptors (Lipinski definition) is 2. The van der Waals surface area contributed by atoms with Gasteiger partial charge in [0.25, 0.3) is 10.2 Å². The highest BCUT2D eigenvalue weighted by Crippen LogP contribution is 2.47. The normalized spacial score (nSPS) is 25.4. The molecule has 1 aliphatic heterocycles. The Bertz CT molecular complexity index is 648. The molecule has 1 aromatic carbocycles. The van der Waals surface area contributed by atoms with Crippen LogP contribution >= 0.6 is 0 Å². The maximum Gasteiger partial charge on any atom is 0.282 e. The van der Waals surface area contributed by atoms with Crippen molar-refractivity contribution < 1.29 is 8.42 Å². The van der Waals surface area contributed by atoms with E-state index < -0.39 is 10.2 Å². The van der Waals surface area contributed by atoms with E-state index in [-0.39, 0.29) is 5.54 Å². The van der Waals surface area contributed by atoms with E-state index in [0.717, 1.165) is 37.7 Å². The molecule has 2 aliphatic rings. The van der Waals surface area contributed by atoms with Gasteiger partial charge in [-0.1, -0.05) is 44.0 Å². The maximum absolute atomic E-state index is 13.0. The molecule has 1 saturated carbocycles. The fourth-order valence-electron chi connectivity index (χ4n) is 4.27. The largest absolute Gasteiger partial charge is 0.282 e. The Kier molecular flexibility index (Phi) is 4.08. The predicted molar refractivity (Wildman–Crippen MR) is 88.8 cm³/mol. The summed E-state index contributed by atoms with van der Waals surface area (Å²) in [6, 6.07) is 8.32. The molecule has 0 N–H and O–H groups in total. The van der Waals surface area contributed by atoms with Gasteiger partial charge in [0, 0.05) is 26.2 Å². The Morgan fingerprint density at radius 3 is 2.45 bits per heavy atom. The van der Waals surface area contributed by atoms with Crippen LogP contribution in [0.3, 0.4) is 0 Å². The van der Waals surface area contributed by atoms with Gasteiger partial charge in [-0.25, -0.2) is 0 Å². The second kappa shape index (κ2) is 5.62. The van der Waals surface area contributed by atoms with Crippen molar-refractivity contribution in [3.63, 3.8) is 0 Å². The molecule has 0 amide bonds. The van der Waals surface area contributed by atoms with Gasteiger partial charge in [0.2, 0.25) is 0 Å². The minimum Gasteiger partial charge on any atom is -0.195 e. The molecule has 3 rings (SSSR count). The van der Waals surface area contributed by atoms with E-state index in [4.69, 9.17) is 0 Å². The molecule has 122 valence electrons. The number of hydrogen-bond donors (Lipinski definition) is 0. The van der Waals surface area contributed by atoms with Crippen LogP contribution in [-0.4, -0.2) is 36.7 Å². The molecule has 1 atom stereocenters. The summed E-state index contributed by atoms with van der Waals surface area (Å²) in [5.41, 5.74) is 2.26. The van der Waals surface area contributed by atoms with Crippen LogP contribution in [0.2, 0.25) is 0 Å². The quantitative estimate of drug-likeness (QED) is 0.839. The summed E-state index contributed by atoms with van der Waals surface area (Å²) < 4.78 is 29.1. The van der Waals surface area contributed by atoms with Crippen LogP contribution in [0.25, 0.3) is 0 Å². The highest BCUT2D eigenvalue weighted by atomic mass is 32.2. The number of nitrogens with zero attached hydrogens (tertiary/aromatic N) is 2.